The van der Waals surface area contributed by atoms with Crippen LogP contribution in [0.1, 0.15) is 59.1 Å². The van der Waals surface area contributed by atoms with Crippen LogP contribution in [0.25, 0.3) is 11.0 Å². The van der Waals surface area contributed by atoms with Gasteiger partial charge in [-0.15, -0.1) is 0 Å². The van der Waals surface area contributed by atoms with Crippen molar-refractivity contribution in [3.8, 4) is 0 Å². The molecule has 1 aliphatic rings. The molecule has 1 unspecified atom stereocenters. The molecule has 0 saturated carbocycles. The summed E-state index contributed by atoms with van der Waals surface area (Å²) in [5.74, 6) is -0.137. The molecule has 0 spiro atoms. The zero-order valence-corrected chi connectivity index (χ0v) is 19.0. The zero-order chi connectivity index (χ0) is 22.3. The highest BCUT2D eigenvalue weighted by atomic mass is 35.5. The standard InChI is InChI=1S/C25H26ClNO4/c1-14(2)30-11-5-10-27-22(17-6-8-18(26)9-7-17)21-23(28)19-12-15(3)16(4)13-20(19)31-24(21)25(27)29/h6-9,12-14,22H,5,10-11H2,1-4H3. The molecule has 6 heteroatoms. The summed E-state index contributed by atoms with van der Waals surface area (Å²) in [6.45, 7) is 8.87. The van der Waals surface area contributed by atoms with Crippen molar-refractivity contribution in [2.75, 3.05) is 13.2 Å². The third-order valence-corrected chi connectivity index (χ3v) is 6.01. The Morgan fingerprint density at radius 3 is 2.45 bits per heavy atom. The largest absolute Gasteiger partial charge is 0.450 e. The van der Waals surface area contributed by atoms with Gasteiger partial charge in [-0.05, 0) is 75.1 Å². The van der Waals surface area contributed by atoms with Crippen LogP contribution in [0, 0.1) is 13.8 Å². The average Bonchev–Trinajstić information content (AvgIpc) is 3.00. The number of benzene rings is 2. The molecule has 1 aliphatic heterocycles. The maximum absolute atomic E-state index is 13.6. The van der Waals surface area contributed by atoms with Gasteiger partial charge in [-0.3, -0.25) is 9.59 Å². The molecule has 2 aromatic carbocycles. The second kappa shape index (κ2) is 8.48. The second-order valence-corrected chi connectivity index (χ2v) is 8.77. The number of fused-ring (bicyclic) bond motifs is 2. The summed E-state index contributed by atoms with van der Waals surface area (Å²) in [7, 11) is 0. The fraction of sp³-hybridized carbons (Fsp3) is 0.360. The van der Waals surface area contributed by atoms with Gasteiger partial charge in [0.2, 0.25) is 5.76 Å². The number of hydrogen-bond acceptors (Lipinski definition) is 4. The first-order valence-electron chi connectivity index (χ1n) is 10.5. The van der Waals surface area contributed by atoms with Crippen molar-refractivity contribution in [1.29, 1.82) is 0 Å². The van der Waals surface area contributed by atoms with Crippen molar-refractivity contribution in [3.63, 3.8) is 0 Å². The van der Waals surface area contributed by atoms with Crippen LogP contribution in [0.2, 0.25) is 5.02 Å². The highest BCUT2D eigenvalue weighted by Gasteiger charge is 2.42. The van der Waals surface area contributed by atoms with Crippen molar-refractivity contribution >= 4 is 28.5 Å². The molecule has 0 fully saturated rings. The normalized spacial score (nSPS) is 15.9. The molecule has 0 N–H and O–H groups in total. The topological polar surface area (TPSA) is 59.8 Å². The number of carbonyl (C=O) groups excluding carboxylic acids is 1. The summed E-state index contributed by atoms with van der Waals surface area (Å²) in [4.78, 5) is 28.6. The highest BCUT2D eigenvalue weighted by Crippen LogP contribution is 2.38. The van der Waals surface area contributed by atoms with Crippen LogP contribution < -0.4 is 5.43 Å². The first-order valence-corrected chi connectivity index (χ1v) is 10.9. The zero-order valence-electron chi connectivity index (χ0n) is 18.2. The number of hydrogen-bond donors (Lipinski definition) is 0. The van der Waals surface area contributed by atoms with Crippen molar-refractivity contribution in [1.82, 2.24) is 4.90 Å². The van der Waals surface area contributed by atoms with Crippen molar-refractivity contribution < 1.29 is 13.9 Å². The average molecular weight is 440 g/mol. The molecule has 0 aliphatic carbocycles. The molecule has 1 atom stereocenters. The van der Waals surface area contributed by atoms with E-state index in [2.05, 4.69) is 0 Å². The lowest BCUT2D eigenvalue weighted by molar-refractivity contribution is 0.0593. The maximum atomic E-state index is 13.6. The van der Waals surface area contributed by atoms with E-state index in [1.54, 1.807) is 17.0 Å². The van der Waals surface area contributed by atoms with Gasteiger partial charge in [0.25, 0.3) is 5.91 Å². The van der Waals surface area contributed by atoms with Crippen LogP contribution in [0.3, 0.4) is 0 Å². The molecule has 0 radical (unpaired) electrons. The Bertz CT molecular complexity index is 1200. The van der Waals surface area contributed by atoms with E-state index in [1.165, 1.54) is 0 Å². The molecular formula is C25H26ClNO4. The fourth-order valence-electron chi connectivity index (χ4n) is 4.05. The lowest BCUT2D eigenvalue weighted by Gasteiger charge is -2.25. The Kier molecular flexibility index (Phi) is 5.91. The quantitative estimate of drug-likeness (QED) is 0.481. The van der Waals surface area contributed by atoms with E-state index < -0.39 is 6.04 Å². The number of carbonyl (C=O) groups is 1. The van der Waals surface area contributed by atoms with Gasteiger partial charge in [-0.1, -0.05) is 23.7 Å². The Morgan fingerprint density at radius 2 is 1.77 bits per heavy atom. The molecule has 1 aromatic heterocycles. The van der Waals surface area contributed by atoms with Crippen LogP contribution >= 0.6 is 11.6 Å². The minimum Gasteiger partial charge on any atom is -0.450 e. The summed E-state index contributed by atoms with van der Waals surface area (Å²) in [6, 6.07) is 10.4. The molecule has 31 heavy (non-hydrogen) atoms. The van der Waals surface area contributed by atoms with Gasteiger partial charge in [-0.25, -0.2) is 0 Å². The summed E-state index contributed by atoms with van der Waals surface area (Å²) in [6.07, 6.45) is 0.784. The van der Waals surface area contributed by atoms with Gasteiger partial charge < -0.3 is 14.1 Å². The van der Waals surface area contributed by atoms with E-state index in [9.17, 15) is 9.59 Å². The van der Waals surface area contributed by atoms with Gasteiger partial charge in [0, 0.05) is 18.2 Å². The summed E-state index contributed by atoms with van der Waals surface area (Å²) in [5.41, 5.74) is 3.53. The first-order chi connectivity index (χ1) is 14.8. The smallest absolute Gasteiger partial charge is 0.290 e. The van der Waals surface area contributed by atoms with Crippen LogP contribution in [-0.4, -0.2) is 30.1 Å². The Morgan fingerprint density at radius 1 is 1.10 bits per heavy atom. The van der Waals surface area contributed by atoms with Gasteiger partial charge in [0.1, 0.15) is 5.58 Å². The van der Waals surface area contributed by atoms with Gasteiger partial charge in [-0.2, -0.15) is 0 Å². The number of ether oxygens (including phenoxy) is 1. The third-order valence-electron chi connectivity index (χ3n) is 5.76. The maximum Gasteiger partial charge on any atom is 0.290 e. The minimum absolute atomic E-state index is 0.124. The molecule has 4 rings (SSSR count). The molecular weight excluding hydrogens is 414 g/mol. The Hall–Kier alpha value is -2.63. The lowest BCUT2D eigenvalue weighted by Crippen LogP contribution is -2.31. The van der Waals surface area contributed by atoms with E-state index in [0.29, 0.717) is 41.1 Å². The van der Waals surface area contributed by atoms with Gasteiger partial charge >= 0.3 is 0 Å². The van der Waals surface area contributed by atoms with Crippen molar-refractivity contribution in [3.05, 3.63) is 79.7 Å². The SMILES string of the molecule is Cc1cc2oc3c(c(=O)c2cc1C)C(c1ccc(Cl)cc1)N(CCCOC(C)C)C3=O. The molecule has 3 aromatic rings. The van der Waals surface area contributed by atoms with E-state index in [0.717, 1.165) is 16.7 Å². The summed E-state index contributed by atoms with van der Waals surface area (Å²) in [5, 5.41) is 1.10. The van der Waals surface area contributed by atoms with E-state index in [4.69, 9.17) is 20.8 Å². The Labute approximate surface area is 186 Å². The number of nitrogens with zero attached hydrogens (tertiary/aromatic N) is 1. The summed E-state index contributed by atoms with van der Waals surface area (Å²) >= 11 is 6.08. The molecule has 162 valence electrons. The van der Waals surface area contributed by atoms with Crippen molar-refractivity contribution in [2.45, 2.75) is 46.3 Å². The van der Waals surface area contributed by atoms with Crippen LogP contribution in [0.4, 0.5) is 0 Å². The second-order valence-electron chi connectivity index (χ2n) is 8.33. The fourth-order valence-corrected chi connectivity index (χ4v) is 4.18. The predicted molar refractivity (Wildman–Crippen MR) is 122 cm³/mol. The first kappa shape index (κ1) is 21.6. The number of rotatable bonds is 6. The minimum atomic E-state index is -0.513. The van der Waals surface area contributed by atoms with Gasteiger partial charge in [0.15, 0.2) is 5.43 Å². The van der Waals surface area contributed by atoms with Crippen LogP contribution in [0.5, 0.6) is 0 Å². The lowest BCUT2D eigenvalue weighted by atomic mass is 9.97. The van der Waals surface area contributed by atoms with E-state index in [-0.39, 0.29) is 23.2 Å². The highest BCUT2D eigenvalue weighted by molar-refractivity contribution is 6.30. The molecule has 2 heterocycles. The number of amides is 1. The number of aryl methyl sites for hydroxylation is 2. The summed E-state index contributed by atoms with van der Waals surface area (Å²) < 4.78 is 11.7. The molecule has 1 amide bonds. The molecule has 0 saturated heterocycles. The van der Waals surface area contributed by atoms with Gasteiger partial charge in [0.05, 0.1) is 23.1 Å². The van der Waals surface area contributed by atoms with Crippen LogP contribution in [0.15, 0.2) is 45.6 Å². The molecule has 5 nitrogen and oxygen atoms in total. The van der Waals surface area contributed by atoms with Crippen LogP contribution in [-0.2, 0) is 4.74 Å². The Balaban J connectivity index is 1.83. The monoisotopic (exact) mass is 439 g/mol. The van der Waals surface area contributed by atoms with E-state index >= 15 is 0 Å². The predicted octanol–water partition coefficient (Wildman–Crippen LogP) is 5.42. The third kappa shape index (κ3) is 4.00. The van der Waals surface area contributed by atoms with Crippen molar-refractivity contribution in [2.24, 2.45) is 0 Å². The number of halogens is 1. The molecule has 0 bridgehead atoms. The van der Waals surface area contributed by atoms with E-state index in [1.807, 2.05) is 52.0 Å².